The first-order valence-corrected chi connectivity index (χ1v) is 13.9. The van der Waals surface area contributed by atoms with Gasteiger partial charge in [-0.1, -0.05) is 72.8 Å². The summed E-state index contributed by atoms with van der Waals surface area (Å²) < 4.78 is 6.72. The molecular weight excluding hydrogens is 504 g/mol. The van der Waals surface area contributed by atoms with Crippen LogP contribution in [0.25, 0.3) is 72.0 Å². The van der Waals surface area contributed by atoms with Crippen molar-refractivity contribution in [3.8, 4) is 11.5 Å². The van der Waals surface area contributed by atoms with Crippen LogP contribution < -0.4 is 0 Å². The summed E-state index contributed by atoms with van der Waals surface area (Å²) in [4.78, 5) is 14.3. The van der Waals surface area contributed by atoms with E-state index in [0.717, 1.165) is 46.5 Å². The second kappa shape index (κ2) is 8.50. The molecule has 4 aromatic carbocycles. The van der Waals surface area contributed by atoms with Crippen molar-refractivity contribution in [3.63, 3.8) is 0 Å². The predicted octanol–water partition coefficient (Wildman–Crippen LogP) is 8.21. The summed E-state index contributed by atoms with van der Waals surface area (Å²) in [6, 6.07) is 32.0. The maximum atomic E-state index is 4.85. The van der Waals surface area contributed by atoms with E-state index >= 15 is 0 Å². The Morgan fingerprint density at radius 2 is 1.39 bits per heavy atom. The molecule has 1 aliphatic rings. The van der Waals surface area contributed by atoms with Crippen LogP contribution in [0.3, 0.4) is 0 Å². The van der Waals surface area contributed by atoms with Crippen molar-refractivity contribution < 1.29 is 0 Å². The number of hydrogen-bond acceptors (Lipinski definition) is 3. The summed E-state index contributed by atoms with van der Waals surface area (Å²) in [5.74, 6) is 0.773. The molecule has 6 nitrogen and oxygen atoms in total. The standard InChI is InChI=1S/C35H24N6/c1-3-11-23(12-4-1)39-22-38-32-34(39)36-21-37-35(32)41-29-18-10-8-16-27(29)31-30(41)20-19-26-25-15-7-9-17-28(25)40(33(26)31)24-13-5-2-6-14-24/h1,3-5,7-22H,2,6H2. The van der Waals surface area contributed by atoms with E-state index in [2.05, 4.69) is 105 Å². The Balaban J connectivity index is 1.43. The fourth-order valence-corrected chi connectivity index (χ4v) is 6.53. The second-order valence-corrected chi connectivity index (χ2v) is 10.5. The topological polar surface area (TPSA) is 53.5 Å². The zero-order valence-corrected chi connectivity index (χ0v) is 22.1. The molecular formula is C35H24N6. The van der Waals surface area contributed by atoms with Gasteiger partial charge in [-0.2, -0.15) is 0 Å². The van der Waals surface area contributed by atoms with Crippen LogP contribution in [0, 0.1) is 0 Å². The van der Waals surface area contributed by atoms with Gasteiger partial charge >= 0.3 is 0 Å². The number of benzene rings is 4. The Kier molecular flexibility index (Phi) is 4.63. The first kappa shape index (κ1) is 22.3. The summed E-state index contributed by atoms with van der Waals surface area (Å²) in [6.07, 6.45) is 12.5. The SMILES string of the molecule is C1=CC(n2c3ccccc3c3ccc4c(c5ccccc5n4-c4ncnc5c4ncn5-c4ccccc4)c32)=CCC1. The normalized spacial score (nSPS) is 13.7. The summed E-state index contributed by atoms with van der Waals surface area (Å²) in [5, 5.41) is 4.90. The Bertz CT molecular complexity index is 2370. The molecule has 0 N–H and O–H groups in total. The smallest absolute Gasteiger partial charge is 0.170 e. The van der Waals surface area contributed by atoms with Gasteiger partial charge in [0.15, 0.2) is 17.0 Å². The molecule has 9 rings (SSSR count). The Hall–Kier alpha value is -5.49. The number of hydrogen-bond donors (Lipinski definition) is 0. The van der Waals surface area contributed by atoms with E-state index in [1.54, 1.807) is 6.33 Å². The molecule has 0 unspecified atom stereocenters. The van der Waals surface area contributed by atoms with Crippen LogP contribution in [0.4, 0.5) is 0 Å². The molecule has 0 saturated heterocycles. The highest BCUT2D eigenvalue weighted by Crippen LogP contribution is 2.42. The zero-order chi connectivity index (χ0) is 26.9. The lowest BCUT2D eigenvalue weighted by atomic mass is 10.1. The fourth-order valence-electron chi connectivity index (χ4n) is 6.53. The van der Waals surface area contributed by atoms with Crippen LogP contribution in [0.1, 0.15) is 12.8 Å². The van der Waals surface area contributed by atoms with E-state index in [4.69, 9.17) is 9.97 Å². The van der Waals surface area contributed by atoms with Gasteiger partial charge in [-0.3, -0.25) is 9.13 Å². The molecule has 0 bridgehead atoms. The van der Waals surface area contributed by atoms with Crippen molar-refractivity contribution in [1.82, 2.24) is 28.7 Å². The minimum absolute atomic E-state index is 0.762. The summed E-state index contributed by atoms with van der Waals surface area (Å²) in [5.41, 5.74) is 8.40. The van der Waals surface area contributed by atoms with Crippen LogP contribution in [0.5, 0.6) is 0 Å². The summed E-state index contributed by atoms with van der Waals surface area (Å²) in [6.45, 7) is 0. The predicted molar refractivity (Wildman–Crippen MR) is 167 cm³/mol. The molecule has 8 aromatic rings. The van der Waals surface area contributed by atoms with E-state index < -0.39 is 0 Å². The van der Waals surface area contributed by atoms with Crippen LogP contribution in [-0.4, -0.2) is 28.7 Å². The van der Waals surface area contributed by atoms with Crippen LogP contribution >= 0.6 is 0 Å². The van der Waals surface area contributed by atoms with E-state index in [-0.39, 0.29) is 0 Å². The second-order valence-electron chi connectivity index (χ2n) is 10.5. The Morgan fingerprint density at radius 3 is 2.22 bits per heavy atom. The summed E-state index contributed by atoms with van der Waals surface area (Å²) in [7, 11) is 0. The van der Waals surface area contributed by atoms with Crippen molar-refractivity contribution >= 4 is 60.5 Å². The van der Waals surface area contributed by atoms with Gasteiger partial charge in [0.05, 0.1) is 22.1 Å². The Morgan fingerprint density at radius 1 is 0.610 bits per heavy atom. The van der Waals surface area contributed by atoms with Crippen LogP contribution in [0.15, 0.2) is 122 Å². The molecule has 4 aromatic heterocycles. The minimum Gasteiger partial charge on any atom is -0.309 e. The molecule has 6 heteroatoms. The van der Waals surface area contributed by atoms with Gasteiger partial charge < -0.3 is 4.57 Å². The molecule has 0 spiro atoms. The van der Waals surface area contributed by atoms with Gasteiger partial charge in [-0.05, 0) is 49.2 Å². The average molecular weight is 529 g/mol. The fraction of sp³-hybridized carbons (Fsp3) is 0.0571. The maximum absolute atomic E-state index is 4.85. The molecule has 41 heavy (non-hydrogen) atoms. The molecule has 0 aliphatic heterocycles. The molecule has 0 saturated carbocycles. The maximum Gasteiger partial charge on any atom is 0.170 e. The van der Waals surface area contributed by atoms with Crippen molar-refractivity contribution in [2.45, 2.75) is 12.8 Å². The lowest BCUT2D eigenvalue weighted by molar-refractivity contribution is 1.02. The molecule has 0 fully saturated rings. The van der Waals surface area contributed by atoms with E-state index in [1.807, 2.05) is 29.1 Å². The first-order chi connectivity index (χ1) is 20.4. The molecule has 0 atom stereocenters. The van der Waals surface area contributed by atoms with Gasteiger partial charge in [0.25, 0.3) is 0 Å². The van der Waals surface area contributed by atoms with Gasteiger partial charge in [0.1, 0.15) is 12.7 Å². The quantitative estimate of drug-likeness (QED) is 0.232. The van der Waals surface area contributed by atoms with E-state index in [9.17, 15) is 0 Å². The Labute approximate surface area is 235 Å². The van der Waals surface area contributed by atoms with Gasteiger partial charge in [0.2, 0.25) is 0 Å². The van der Waals surface area contributed by atoms with E-state index in [0.29, 0.717) is 0 Å². The molecule has 4 heterocycles. The lowest BCUT2D eigenvalue weighted by Crippen LogP contribution is -2.01. The number of aromatic nitrogens is 6. The highest BCUT2D eigenvalue weighted by molar-refractivity contribution is 6.26. The highest BCUT2D eigenvalue weighted by atomic mass is 15.2. The van der Waals surface area contributed by atoms with E-state index in [1.165, 1.54) is 38.3 Å². The van der Waals surface area contributed by atoms with Crippen molar-refractivity contribution in [2.75, 3.05) is 0 Å². The molecule has 0 amide bonds. The minimum atomic E-state index is 0.762. The van der Waals surface area contributed by atoms with Crippen LogP contribution in [-0.2, 0) is 0 Å². The van der Waals surface area contributed by atoms with Gasteiger partial charge in [-0.15, -0.1) is 0 Å². The average Bonchev–Trinajstić information content (AvgIpc) is 3.72. The highest BCUT2D eigenvalue weighted by Gasteiger charge is 2.23. The summed E-state index contributed by atoms with van der Waals surface area (Å²) >= 11 is 0. The first-order valence-electron chi connectivity index (χ1n) is 13.9. The molecule has 0 radical (unpaired) electrons. The van der Waals surface area contributed by atoms with Crippen LogP contribution in [0.2, 0.25) is 0 Å². The third-order valence-electron chi connectivity index (χ3n) is 8.26. The van der Waals surface area contributed by atoms with Gasteiger partial charge in [0, 0.05) is 32.9 Å². The number of para-hydroxylation sites is 3. The number of imidazole rings is 1. The number of fused-ring (bicyclic) bond motifs is 8. The number of allylic oxidation sites excluding steroid dienone is 4. The number of nitrogens with zero attached hydrogens (tertiary/aromatic N) is 6. The van der Waals surface area contributed by atoms with Gasteiger partial charge in [-0.25, -0.2) is 15.0 Å². The lowest BCUT2D eigenvalue weighted by Gasteiger charge is -2.13. The van der Waals surface area contributed by atoms with Crippen molar-refractivity contribution in [3.05, 3.63) is 122 Å². The third-order valence-corrected chi connectivity index (χ3v) is 8.26. The molecule has 194 valence electrons. The largest absolute Gasteiger partial charge is 0.309 e. The van der Waals surface area contributed by atoms with Crippen molar-refractivity contribution in [1.29, 1.82) is 0 Å². The van der Waals surface area contributed by atoms with Crippen molar-refractivity contribution in [2.24, 2.45) is 0 Å². The zero-order valence-electron chi connectivity index (χ0n) is 22.1. The molecule has 1 aliphatic carbocycles. The third kappa shape index (κ3) is 3.10. The monoisotopic (exact) mass is 528 g/mol. The number of rotatable bonds is 3.